The molecule has 0 unspecified atom stereocenters. The van der Waals surface area contributed by atoms with Crippen LogP contribution in [0.2, 0.25) is 0 Å². The zero-order chi connectivity index (χ0) is 12.1. The molecule has 0 heterocycles. The summed E-state index contributed by atoms with van der Waals surface area (Å²) < 4.78 is 6.06. The fourth-order valence-corrected chi connectivity index (χ4v) is 0.831. The lowest BCUT2D eigenvalue weighted by molar-refractivity contribution is 0.0327. The fourth-order valence-electron chi connectivity index (χ4n) is 0.474. The Morgan fingerprint density at radius 3 is 2.13 bits per heavy atom. The Kier molecular flexibility index (Phi) is 6.76. The Morgan fingerprint density at radius 2 is 1.73 bits per heavy atom. The van der Waals surface area contributed by atoms with Crippen LogP contribution < -0.4 is 0 Å². The van der Waals surface area contributed by atoms with Crippen LogP contribution >= 0.6 is 58.0 Å². The van der Waals surface area contributed by atoms with Gasteiger partial charge < -0.3 is 9.47 Å². The maximum absolute atomic E-state index is 11.0. The molecule has 90 valence electrons. The molecule has 8 heteroatoms. The van der Waals surface area contributed by atoms with Crippen LogP contribution in [0, 0.1) is 0 Å². The molecule has 0 rings (SSSR count). The number of alkyl halides is 5. The molecule has 0 bridgehead atoms. The van der Waals surface area contributed by atoms with Gasteiger partial charge in [-0.2, -0.15) is 0 Å². The van der Waals surface area contributed by atoms with Crippen molar-refractivity contribution in [2.75, 3.05) is 6.61 Å². The van der Waals surface area contributed by atoms with Crippen molar-refractivity contribution in [3.05, 3.63) is 0 Å². The summed E-state index contributed by atoms with van der Waals surface area (Å²) >= 11 is 27.4. The maximum atomic E-state index is 11.0. The van der Waals surface area contributed by atoms with Crippen LogP contribution in [-0.4, -0.2) is 21.1 Å². The van der Waals surface area contributed by atoms with Gasteiger partial charge in [0.25, 0.3) is 4.52 Å². The first-order chi connectivity index (χ1) is 6.66. The fraction of sp³-hybridized carbons (Fsp3) is 0.857. The van der Waals surface area contributed by atoms with Crippen LogP contribution in [0.1, 0.15) is 19.8 Å². The van der Waals surface area contributed by atoms with Gasteiger partial charge in [0.1, 0.15) is 0 Å². The molecule has 0 aromatic heterocycles. The van der Waals surface area contributed by atoms with E-state index in [0.29, 0.717) is 0 Å². The van der Waals surface area contributed by atoms with Crippen LogP contribution in [0.3, 0.4) is 0 Å². The largest absolute Gasteiger partial charge is 0.510 e. The molecular weight excluding hydrogens is 309 g/mol. The van der Waals surface area contributed by atoms with E-state index in [1.807, 2.05) is 0 Å². The molecule has 0 fully saturated rings. The van der Waals surface area contributed by atoms with Crippen molar-refractivity contribution in [2.24, 2.45) is 0 Å². The summed E-state index contributed by atoms with van der Waals surface area (Å²) in [6, 6.07) is 0. The summed E-state index contributed by atoms with van der Waals surface area (Å²) in [6.45, 7) is 1.55. The van der Waals surface area contributed by atoms with Crippen molar-refractivity contribution in [1.82, 2.24) is 0 Å². The number of hydrogen-bond donors (Lipinski definition) is 0. The Bertz CT molecular complexity index is 213. The molecule has 0 N–H and O–H groups in total. The smallest absolute Gasteiger partial charge is 0.434 e. The van der Waals surface area contributed by atoms with Gasteiger partial charge in [0.15, 0.2) is 3.79 Å². The number of ether oxygens (including phenoxy) is 2. The van der Waals surface area contributed by atoms with E-state index in [9.17, 15) is 4.79 Å². The zero-order valence-corrected chi connectivity index (χ0v) is 11.5. The van der Waals surface area contributed by atoms with Gasteiger partial charge in [0.05, 0.1) is 6.61 Å². The summed E-state index contributed by atoms with van der Waals surface area (Å²) in [5.41, 5.74) is 0. The highest BCUT2D eigenvalue weighted by Gasteiger charge is 2.28. The second-order valence-electron chi connectivity index (χ2n) is 2.56. The zero-order valence-electron chi connectivity index (χ0n) is 7.74. The lowest BCUT2D eigenvalue weighted by atomic mass is 10.5. The van der Waals surface area contributed by atoms with E-state index < -0.39 is 14.5 Å². The molecule has 0 aliphatic carbocycles. The molecule has 0 atom stereocenters. The van der Waals surface area contributed by atoms with E-state index in [4.69, 9.17) is 58.0 Å². The van der Waals surface area contributed by atoms with Crippen LogP contribution in [0.4, 0.5) is 4.79 Å². The predicted molar refractivity (Wildman–Crippen MR) is 62.1 cm³/mol. The van der Waals surface area contributed by atoms with E-state index in [0.717, 1.165) is 0 Å². The molecular formula is C7H9Cl5O3. The van der Waals surface area contributed by atoms with E-state index >= 15 is 0 Å². The van der Waals surface area contributed by atoms with Crippen LogP contribution in [0.15, 0.2) is 0 Å². The van der Waals surface area contributed by atoms with Crippen LogP contribution in [0.5, 0.6) is 0 Å². The van der Waals surface area contributed by atoms with Crippen molar-refractivity contribution in [3.8, 4) is 0 Å². The molecule has 0 aromatic rings. The third kappa shape index (κ3) is 9.64. The first-order valence-corrected chi connectivity index (χ1v) is 5.85. The number of carbonyl (C=O) groups excluding carboxylic acids is 1. The van der Waals surface area contributed by atoms with E-state index in [2.05, 4.69) is 9.47 Å². The predicted octanol–water partition coefficient (Wildman–Crippen LogP) is 4.44. The average molecular weight is 318 g/mol. The Labute approximate surface area is 113 Å². The van der Waals surface area contributed by atoms with Gasteiger partial charge in [0, 0.05) is 12.8 Å². The molecule has 0 saturated heterocycles. The first-order valence-electron chi connectivity index (χ1n) is 3.96. The Morgan fingerprint density at radius 1 is 1.20 bits per heavy atom. The summed E-state index contributed by atoms with van der Waals surface area (Å²) in [4.78, 5) is 11.0. The molecule has 0 aromatic carbocycles. The van der Waals surface area contributed by atoms with Gasteiger partial charge in [0.2, 0.25) is 0 Å². The normalized spacial score (nSPS) is 12.4. The molecule has 0 spiro atoms. The topological polar surface area (TPSA) is 35.5 Å². The minimum absolute atomic E-state index is 0.0520. The third-order valence-corrected chi connectivity index (χ3v) is 2.51. The SMILES string of the molecule is CCC(Cl)(Cl)OC(=O)OCCC(Cl)(Cl)Cl. The van der Waals surface area contributed by atoms with Gasteiger partial charge in [-0.25, -0.2) is 4.79 Å². The van der Waals surface area contributed by atoms with Crippen LogP contribution in [-0.2, 0) is 9.47 Å². The number of halogens is 5. The number of hydrogen-bond acceptors (Lipinski definition) is 3. The maximum Gasteiger partial charge on any atom is 0.510 e. The Balaban J connectivity index is 3.77. The van der Waals surface area contributed by atoms with Crippen molar-refractivity contribution in [3.63, 3.8) is 0 Å². The highest BCUT2D eigenvalue weighted by Crippen LogP contribution is 2.30. The van der Waals surface area contributed by atoms with Gasteiger partial charge in [-0.15, -0.1) is 0 Å². The molecule has 0 aliphatic heterocycles. The van der Waals surface area contributed by atoms with Crippen molar-refractivity contribution < 1.29 is 14.3 Å². The average Bonchev–Trinajstić information content (AvgIpc) is 2.00. The van der Waals surface area contributed by atoms with Crippen molar-refractivity contribution in [1.29, 1.82) is 0 Å². The molecule has 0 aliphatic rings. The third-order valence-electron chi connectivity index (χ3n) is 1.25. The quantitative estimate of drug-likeness (QED) is 0.568. The second kappa shape index (κ2) is 6.45. The van der Waals surface area contributed by atoms with Crippen molar-refractivity contribution in [2.45, 2.75) is 28.1 Å². The monoisotopic (exact) mass is 316 g/mol. The van der Waals surface area contributed by atoms with Gasteiger partial charge in [-0.05, 0) is 0 Å². The van der Waals surface area contributed by atoms with Gasteiger partial charge in [-0.1, -0.05) is 64.9 Å². The van der Waals surface area contributed by atoms with E-state index in [-0.39, 0.29) is 19.4 Å². The summed E-state index contributed by atoms with van der Waals surface area (Å²) in [6.07, 6.45) is -0.720. The van der Waals surface area contributed by atoms with Crippen LogP contribution in [0.25, 0.3) is 0 Å². The number of rotatable bonds is 4. The standard InChI is InChI=1S/C7H9Cl5O3/c1-2-7(11,12)15-5(13)14-4-3-6(8,9)10/h2-4H2,1H3. The molecule has 3 nitrogen and oxygen atoms in total. The summed E-state index contributed by atoms with van der Waals surface area (Å²) in [5.74, 6) is 0. The summed E-state index contributed by atoms with van der Waals surface area (Å²) in [7, 11) is 0. The van der Waals surface area contributed by atoms with Gasteiger partial charge in [-0.3, -0.25) is 0 Å². The van der Waals surface area contributed by atoms with Crippen molar-refractivity contribution >= 4 is 64.2 Å². The minimum Gasteiger partial charge on any atom is -0.434 e. The molecule has 0 saturated carbocycles. The lowest BCUT2D eigenvalue weighted by Gasteiger charge is -2.17. The first kappa shape index (κ1) is 15.7. The Hall–Kier alpha value is 0.720. The molecule has 0 amide bonds. The second-order valence-corrected chi connectivity index (χ2v) is 6.49. The minimum atomic E-state index is -1.59. The molecule has 0 radical (unpaired) electrons. The lowest BCUT2D eigenvalue weighted by Crippen LogP contribution is -2.23. The van der Waals surface area contributed by atoms with E-state index in [1.54, 1.807) is 6.92 Å². The van der Waals surface area contributed by atoms with E-state index in [1.165, 1.54) is 0 Å². The molecule has 15 heavy (non-hydrogen) atoms. The highest BCUT2D eigenvalue weighted by atomic mass is 35.6. The summed E-state index contributed by atoms with van der Waals surface area (Å²) in [5, 5.41) is 0. The van der Waals surface area contributed by atoms with Gasteiger partial charge >= 0.3 is 6.16 Å². The highest BCUT2D eigenvalue weighted by molar-refractivity contribution is 6.67. The number of carbonyl (C=O) groups is 1.